The second-order valence-electron chi connectivity index (χ2n) is 6.48. The molecule has 2 atom stereocenters. The van der Waals surface area contributed by atoms with Gasteiger partial charge < -0.3 is 10.1 Å². The normalized spacial score (nSPS) is 14.0. The Balaban J connectivity index is 2.42. The minimum absolute atomic E-state index is 0.223. The van der Waals surface area contributed by atoms with Gasteiger partial charge >= 0.3 is 0 Å². The van der Waals surface area contributed by atoms with E-state index in [0.29, 0.717) is 6.61 Å². The molecule has 1 amide bonds. The van der Waals surface area contributed by atoms with Crippen molar-refractivity contribution in [2.24, 2.45) is 11.3 Å². The highest BCUT2D eigenvalue weighted by Gasteiger charge is 2.31. The Morgan fingerprint density at radius 1 is 1.45 bits per heavy atom. The van der Waals surface area contributed by atoms with Gasteiger partial charge in [-0.25, -0.2) is 4.39 Å². The highest BCUT2D eigenvalue weighted by molar-refractivity contribution is 5.82. The quantitative estimate of drug-likeness (QED) is 0.878. The Bertz CT molecular complexity index is 546. The first-order chi connectivity index (χ1) is 10.2. The van der Waals surface area contributed by atoms with E-state index in [0.717, 1.165) is 5.56 Å². The number of hydrogen-bond donors (Lipinski definition) is 1. The van der Waals surface area contributed by atoms with Crippen LogP contribution in [0, 0.1) is 28.5 Å². The molecule has 0 spiro atoms. The molecule has 5 heteroatoms. The van der Waals surface area contributed by atoms with Crippen LogP contribution in [0.4, 0.5) is 4.39 Å². The molecule has 0 aliphatic heterocycles. The number of amides is 1. The largest absolute Gasteiger partial charge is 0.375 e. The summed E-state index contributed by atoms with van der Waals surface area (Å²) in [6.07, 6.45) is 0. The summed E-state index contributed by atoms with van der Waals surface area (Å²) in [5.41, 5.74) is 0.323. The van der Waals surface area contributed by atoms with Gasteiger partial charge in [-0.2, -0.15) is 5.26 Å². The zero-order valence-corrected chi connectivity index (χ0v) is 13.5. The van der Waals surface area contributed by atoms with E-state index in [4.69, 9.17) is 10.00 Å². The Kier molecular flexibility index (Phi) is 6.51. The Labute approximate surface area is 131 Å². The van der Waals surface area contributed by atoms with Gasteiger partial charge in [-0.3, -0.25) is 4.79 Å². The average Bonchev–Trinajstić information content (AvgIpc) is 2.37. The lowest BCUT2D eigenvalue weighted by Crippen LogP contribution is -2.43. The molecule has 1 N–H and O–H groups in total. The number of benzene rings is 1. The van der Waals surface area contributed by atoms with E-state index in [1.807, 2.05) is 26.8 Å². The van der Waals surface area contributed by atoms with Crippen LogP contribution < -0.4 is 5.32 Å². The van der Waals surface area contributed by atoms with Gasteiger partial charge in [-0.1, -0.05) is 32.9 Å². The molecule has 1 rings (SSSR count). The van der Waals surface area contributed by atoms with Gasteiger partial charge in [-0.15, -0.1) is 0 Å². The van der Waals surface area contributed by atoms with Gasteiger partial charge in [0.2, 0.25) is 5.91 Å². The zero-order valence-electron chi connectivity index (χ0n) is 13.5. The smallest absolute Gasteiger partial charge is 0.238 e. The van der Waals surface area contributed by atoms with Crippen LogP contribution in [0.15, 0.2) is 24.3 Å². The van der Waals surface area contributed by atoms with E-state index in [2.05, 4.69) is 5.32 Å². The third kappa shape index (κ3) is 5.82. The van der Waals surface area contributed by atoms with Crippen LogP contribution in [0.2, 0.25) is 0 Å². The van der Waals surface area contributed by atoms with Crippen molar-refractivity contribution in [3.05, 3.63) is 35.6 Å². The molecule has 22 heavy (non-hydrogen) atoms. The first-order valence-corrected chi connectivity index (χ1v) is 7.26. The first-order valence-electron chi connectivity index (χ1n) is 7.26. The first kappa shape index (κ1) is 18.1. The van der Waals surface area contributed by atoms with Crippen molar-refractivity contribution in [3.8, 4) is 6.07 Å². The molecule has 0 bridgehead atoms. The van der Waals surface area contributed by atoms with Crippen molar-refractivity contribution < 1.29 is 13.9 Å². The fourth-order valence-electron chi connectivity index (χ4n) is 1.99. The van der Waals surface area contributed by atoms with Crippen molar-refractivity contribution in [2.75, 3.05) is 6.61 Å². The predicted molar refractivity (Wildman–Crippen MR) is 82.2 cm³/mol. The third-order valence-electron chi connectivity index (χ3n) is 3.17. The van der Waals surface area contributed by atoms with Crippen LogP contribution in [0.25, 0.3) is 0 Å². The molecule has 0 unspecified atom stereocenters. The van der Waals surface area contributed by atoms with Gasteiger partial charge in [0.1, 0.15) is 11.7 Å². The zero-order chi connectivity index (χ0) is 16.8. The van der Waals surface area contributed by atoms with E-state index < -0.39 is 11.3 Å². The van der Waals surface area contributed by atoms with E-state index in [1.54, 1.807) is 19.1 Å². The van der Waals surface area contributed by atoms with Crippen molar-refractivity contribution in [3.63, 3.8) is 0 Å². The number of halogens is 1. The number of carbonyl (C=O) groups excluding carboxylic acids is 1. The third-order valence-corrected chi connectivity index (χ3v) is 3.17. The van der Waals surface area contributed by atoms with Crippen molar-refractivity contribution in [1.82, 2.24) is 5.32 Å². The second kappa shape index (κ2) is 7.90. The Morgan fingerprint density at radius 2 is 2.14 bits per heavy atom. The molecular formula is C17H23FN2O2. The van der Waals surface area contributed by atoms with Gasteiger partial charge in [0.05, 0.1) is 19.3 Å². The number of carbonyl (C=O) groups is 1. The van der Waals surface area contributed by atoms with E-state index in [-0.39, 0.29) is 24.4 Å². The van der Waals surface area contributed by atoms with Gasteiger partial charge in [-0.05, 0) is 30.0 Å². The van der Waals surface area contributed by atoms with Crippen molar-refractivity contribution in [2.45, 2.75) is 40.3 Å². The summed E-state index contributed by atoms with van der Waals surface area (Å²) in [6.45, 7) is 7.94. The lowest BCUT2D eigenvalue weighted by Gasteiger charge is -2.25. The van der Waals surface area contributed by atoms with E-state index >= 15 is 0 Å². The van der Waals surface area contributed by atoms with E-state index in [1.165, 1.54) is 12.1 Å². The highest BCUT2D eigenvalue weighted by Crippen LogP contribution is 2.25. The molecule has 0 radical (unpaired) electrons. The SMILES string of the molecule is C[C@H](COCc1cccc(F)c1)NC(=O)[C@H](C#N)C(C)(C)C. The summed E-state index contributed by atoms with van der Waals surface area (Å²) in [4.78, 5) is 12.1. The topological polar surface area (TPSA) is 62.1 Å². The van der Waals surface area contributed by atoms with Crippen LogP contribution in [0.5, 0.6) is 0 Å². The summed E-state index contributed by atoms with van der Waals surface area (Å²) >= 11 is 0. The second-order valence-corrected chi connectivity index (χ2v) is 6.48. The molecule has 0 fully saturated rings. The fraction of sp³-hybridized carbons (Fsp3) is 0.529. The average molecular weight is 306 g/mol. The minimum atomic E-state index is -0.710. The molecule has 1 aromatic rings. The van der Waals surface area contributed by atoms with Crippen molar-refractivity contribution >= 4 is 5.91 Å². The maximum atomic E-state index is 13.0. The molecule has 120 valence electrons. The molecule has 4 nitrogen and oxygen atoms in total. The number of rotatable bonds is 6. The number of nitrogens with zero attached hydrogens (tertiary/aromatic N) is 1. The molecular weight excluding hydrogens is 283 g/mol. The van der Waals surface area contributed by atoms with Crippen LogP contribution in [-0.2, 0) is 16.1 Å². The van der Waals surface area contributed by atoms with Crippen LogP contribution >= 0.6 is 0 Å². The summed E-state index contributed by atoms with van der Waals surface area (Å²) in [5.74, 6) is -1.31. The van der Waals surface area contributed by atoms with Crippen LogP contribution in [0.3, 0.4) is 0 Å². The maximum Gasteiger partial charge on any atom is 0.238 e. The van der Waals surface area contributed by atoms with Gasteiger partial charge in [0, 0.05) is 6.04 Å². The lowest BCUT2D eigenvalue weighted by molar-refractivity contribution is -0.127. The molecule has 0 aliphatic rings. The lowest BCUT2D eigenvalue weighted by atomic mass is 9.81. The summed E-state index contributed by atoms with van der Waals surface area (Å²) in [7, 11) is 0. The molecule has 0 saturated carbocycles. The molecule has 0 heterocycles. The standard InChI is InChI=1S/C17H23FN2O2/c1-12(20-16(21)15(9-19)17(2,3)4)10-22-11-13-6-5-7-14(18)8-13/h5-8,12,15H,10-11H2,1-4H3,(H,20,21)/t12-,15+/m1/s1. The number of hydrogen-bond acceptors (Lipinski definition) is 3. The van der Waals surface area contributed by atoms with Crippen molar-refractivity contribution in [1.29, 1.82) is 5.26 Å². The fourth-order valence-corrected chi connectivity index (χ4v) is 1.99. The molecule has 0 aliphatic carbocycles. The molecule has 1 aromatic carbocycles. The number of nitrogens with one attached hydrogen (secondary N) is 1. The monoisotopic (exact) mass is 306 g/mol. The molecule has 0 aromatic heterocycles. The highest BCUT2D eigenvalue weighted by atomic mass is 19.1. The Hall–Kier alpha value is -1.93. The van der Waals surface area contributed by atoms with Crippen LogP contribution in [0.1, 0.15) is 33.3 Å². The summed E-state index contributed by atoms with van der Waals surface area (Å²) in [5, 5.41) is 11.9. The summed E-state index contributed by atoms with van der Waals surface area (Å²) in [6, 6.07) is 8.01. The summed E-state index contributed by atoms with van der Waals surface area (Å²) < 4.78 is 18.5. The maximum absolute atomic E-state index is 13.0. The predicted octanol–water partition coefficient (Wildman–Crippen LogP) is 3.03. The van der Waals surface area contributed by atoms with E-state index in [9.17, 15) is 9.18 Å². The molecule has 0 saturated heterocycles. The van der Waals surface area contributed by atoms with Gasteiger partial charge in [0.15, 0.2) is 0 Å². The van der Waals surface area contributed by atoms with Gasteiger partial charge in [0.25, 0.3) is 0 Å². The Morgan fingerprint density at radius 3 is 2.68 bits per heavy atom. The number of nitriles is 1. The number of ether oxygens (including phenoxy) is 1. The van der Waals surface area contributed by atoms with Crippen LogP contribution in [-0.4, -0.2) is 18.6 Å². The minimum Gasteiger partial charge on any atom is -0.375 e.